The molecule has 0 aromatic heterocycles. The van der Waals surface area contributed by atoms with Crippen LogP contribution in [0.3, 0.4) is 0 Å². The van der Waals surface area contributed by atoms with Gasteiger partial charge in [-0.2, -0.15) is 11.8 Å². The number of hydrogen-bond donors (Lipinski definition) is 4. The highest BCUT2D eigenvalue weighted by atomic mass is 32.2. The van der Waals surface area contributed by atoms with E-state index in [0.717, 1.165) is 11.3 Å². The molecule has 402 valence electrons. The Morgan fingerprint density at radius 2 is 1.63 bits per heavy atom. The Hall–Kier alpha value is -3.06. The number of methoxy groups -OCH3 is 2. The molecule has 0 spiro atoms. The number of esters is 1. The number of ketones is 3. The normalized spacial score (nSPS) is 38.0. The van der Waals surface area contributed by atoms with Crippen LogP contribution in [0.2, 0.25) is 0 Å². The van der Waals surface area contributed by atoms with Gasteiger partial charge in [0.15, 0.2) is 5.78 Å². The number of fused-ring (bicyclic) bond motifs is 3. The van der Waals surface area contributed by atoms with Gasteiger partial charge in [-0.3, -0.25) is 19.2 Å². The van der Waals surface area contributed by atoms with Gasteiger partial charge in [0, 0.05) is 63.7 Å². The summed E-state index contributed by atoms with van der Waals surface area (Å²) in [5.41, 5.74) is 1.26. The number of carbonyl (C=O) groups excluding carboxylic acids is 5. The zero-order valence-electron chi connectivity index (χ0n) is 44.0. The molecular weight excluding hydrogens is 931 g/mol. The monoisotopic (exact) mass is 1020 g/mol. The van der Waals surface area contributed by atoms with Gasteiger partial charge in [0.25, 0.3) is 11.7 Å². The molecule has 15 atom stereocenters. The van der Waals surface area contributed by atoms with Crippen molar-refractivity contribution in [3.8, 4) is 0 Å². The number of cyclic esters (lactones) is 1. The minimum Gasteiger partial charge on any atom is -0.460 e. The molecular formula is C55H87NO14S. The molecule has 16 heteroatoms. The molecule has 71 heavy (non-hydrogen) atoms. The number of piperidine rings is 1. The summed E-state index contributed by atoms with van der Waals surface area (Å²) in [5.74, 6) is -6.65. The summed E-state index contributed by atoms with van der Waals surface area (Å²) >= 11 is 1.67. The van der Waals surface area contributed by atoms with E-state index >= 15 is 0 Å². The third kappa shape index (κ3) is 17.5. The molecule has 4 N–H and O–H groups in total. The number of Topliss-reactive ketones (excluding diaryl/α,β-unsaturated/α-hetero) is 3. The molecule has 3 fully saturated rings. The number of rotatable bonds is 12. The number of amides is 1. The molecule has 1 saturated carbocycles. The van der Waals surface area contributed by atoms with E-state index < -0.39 is 83.9 Å². The molecule has 1 aliphatic carbocycles. The van der Waals surface area contributed by atoms with Crippen molar-refractivity contribution in [2.75, 3.05) is 45.5 Å². The van der Waals surface area contributed by atoms with Gasteiger partial charge in [-0.1, -0.05) is 71.1 Å². The maximum atomic E-state index is 14.5. The molecule has 3 aliphatic heterocycles. The quantitative estimate of drug-likeness (QED) is 0.0696. The molecule has 3 heterocycles. The Kier molecular flexibility index (Phi) is 25.3. The standard InChI is InChI=1S/C55H87NO14S/c1-34-16-11-10-12-17-35(2)46(68-25-27-71-26-15-24-57)32-42-21-19-40(7)55(65,70-42)52(62)53(63)56-23-14-13-18-43(56)54(64)69-47(37(4)30-41-20-22-44(58)48(31-41)66-8)33-45(59)36(3)29-39(6)50(61)51(67-9)49(60)38(5)28-34/h10-12,16-17,29,34,36-38,40-44,46-48,50-51,57-58,61,65H,13-15,18-28,30-33H2,1-9H3/b12-10+,16-11+,35-17+,39-29+/t34-,36-,37-,38-,40-,41+,42+,43+,44-,46-,47+,48-,50-,51+,55-/m1/s1. The molecule has 1 amide bonds. The zero-order valence-corrected chi connectivity index (χ0v) is 44.8. The lowest BCUT2D eigenvalue weighted by Gasteiger charge is -2.43. The lowest BCUT2D eigenvalue weighted by Crippen LogP contribution is -2.61. The topological polar surface area (TPSA) is 216 Å². The Bertz CT molecular complexity index is 1870. The highest BCUT2D eigenvalue weighted by molar-refractivity contribution is 7.99. The Morgan fingerprint density at radius 1 is 0.887 bits per heavy atom. The van der Waals surface area contributed by atoms with Gasteiger partial charge in [-0.25, -0.2) is 4.79 Å². The van der Waals surface area contributed by atoms with Gasteiger partial charge < -0.3 is 49.0 Å². The Balaban J connectivity index is 1.71. The molecule has 2 saturated heterocycles. The van der Waals surface area contributed by atoms with E-state index in [9.17, 15) is 44.4 Å². The van der Waals surface area contributed by atoms with Crippen LogP contribution >= 0.6 is 11.8 Å². The van der Waals surface area contributed by atoms with Crippen molar-refractivity contribution in [1.29, 1.82) is 0 Å². The fourth-order valence-corrected chi connectivity index (χ4v) is 11.3. The smallest absolute Gasteiger partial charge is 0.329 e. The van der Waals surface area contributed by atoms with Crippen LogP contribution in [0.15, 0.2) is 47.6 Å². The van der Waals surface area contributed by atoms with E-state index in [-0.39, 0.29) is 61.4 Å². The van der Waals surface area contributed by atoms with Gasteiger partial charge in [-0.15, -0.1) is 0 Å². The summed E-state index contributed by atoms with van der Waals surface area (Å²) in [4.78, 5) is 72.4. The van der Waals surface area contributed by atoms with Crippen LogP contribution in [0.4, 0.5) is 0 Å². The molecule has 0 unspecified atom stereocenters. The molecule has 15 nitrogen and oxygen atoms in total. The summed E-state index contributed by atoms with van der Waals surface area (Å²) in [7, 11) is 2.94. The van der Waals surface area contributed by atoms with E-state index in [1.807, 2.05) is 58.1 Å². The number of allylic oxidation sites excluding steroid dienone is 6. The lowest BCUT2D eigenvalue weighted by atomic mass is 9.78. The van der Waals surface area contributed by atoms with Crippen LogP contribution in [-0.2, 0) is 47.7 Å². The fourth-order valence-electron chi connectivity index (χ4n) is 10.6. The first kappa shape index (κ1) is 60.5. The van der Waals surface area contributed by atoms with Crippen molar-refractivity contribution in [1.82, 2.24) is 4.90 Å². The summed E-state index contributed by atoms with van der Waals surface area (Å²) in [6.07, 6.45) is 11.6. The first-order valence-electron chi connectivity index (χ1n) is 26.2. The number of carbonyl (C=O) groups is 5. The predicted molar refractivity (Wildman–Crippen MR) is 273 cm³/mol. The van der Waals surface area contributed by atoms with Gasteiger partial charge in [0.1, 0.15) is 30.1 Å². The second-order valence-electron chi connectivity index (χ2n) is 20.9. The fraction of sp³-hybridized carbons (Fsp3) is 0.764. The summed E-state index contributed by atoms with van der Waals surface area (Å²) in [6, 6.07) is -1.16. The van der Waals surface area contributed by atoms with E-state index in [4.69, 9.17) is 23.7 Å². The van der Waals surface area contributed by atoms with Gasteiger partial charge in [0.2, 0.25) is 5.79 Å². The second kappa shape index (κ2) is 29.7. The molecule has 2 bridgehead atoms. The van der Waals surface area contributed by atoms with E-state index in [0.29, 0.717) is 88.6 Å². The average Bonchev–Trinajstić information content (AvgIpc) is 3.34. The average molecular weight is 1020 g/mol. The van der Waals surface area contributed by atoms with E-state index in [1.165, 1.54) is 12.0 Å². The molecule has 0 aromatic carbocycles. The van der Waals surface area contributed by atoms with Crippen molar-refractivity contribution >= 4 is 41.0 Å². The maximum Gasteiger partial charge on any atom is 0.329 e. The van der Waals surface area contributed by atoms with Crippen molar-refractivity contribution in [3.63, 3.8) is 0 Å². The number of ether oxygens (including phenoxy) is 5. The van der Waals surface area contributed by atoms with Crippen LogP contribution in [-0.4, -0.2) is 155 Å². The maximum absolute atomic E-state index is 14.5. The van der Waals surface area contributed by atoms with Crippen LogP contribution in [0.25, 0.3) is 0 Å². The molecule has 0 radical (unpaired) electrons. The first-order chi connectivity index (χ1) is 33.7. The van der Waals surface area contributed by atoms with Crippen LogP contribution in [0.5, 0.6) is 0 Å². The summed E-state index contributed by atoms with van der Waals surface area (Å²) in [6.45, 7) is 13.3. The number of hydrogen-bond acceptors (Lipinski definition) is 15. The van der Waals surface area contributed by atoms with Crippen LogP contribution in [0.1, 0.15) is 132 Å². The summed E-state index contributed by atoms with van der Waals surface area (Å²) < 4.78 is 30.2. The number of aliphatic hydroxyl groups is 4. The second-order valence-corrected chi connectivity index (χ2v) is 22.1. The van der Waals surface area contributed by atoms with Gasteiger partial charge >= 0.3 is 5.97 Å². The minimum atomic E-state index is -2.46. The van der Waals surface area contributed by atoms with Crippen molar-refractivity contribution in [2.45, 2.75) is 186 Å². The number of aliphatic hydroxyl groups excluding tert-OH is 3. The Labute approximate surface area is 427 Å². The minimum absolute atomic E-state index is 0.00135. The predicted octanol–water partition coefficient (Wildman–Crippen LogP) is 6.67. The van der Waals surface area contributed by atoms with Crippen LogP contribution < -0.4 is 0 Å². The lowest BCUT2D eigenvalue weighted by molar-refractivity contribution is -0.266. The van der Waals surface area contributed by atoms with Crippen LogP contribution in [0, 0.1) is 35.5 Å². The summed E-state index contributed by atoms with van der Waals surface area (Å²) in [5, 5.41) is 43.4. The van der Waals surface area contributed by atoms with Crippen molar-refractivity contribution < 1.29 is 68.1 Å². The molecule has 0 aromatic rings. The zero-order chi connectivity index (χ0) is 52.4. The number of nitrogens with zero attached hydrogens (tertiary/aromatic N) is 1. The van der Waals surface area contributed by atoms with Gasteiger partial charge in [-0.05, 0) is 119 Å². The van der Waals surface area contributed by atoms with E-state index in [2.05, 4.69) is 0 Å². The highest BCUT2D eigenvalue weighted by Gasteiger charge is 2.53. The third-order valence-electron chi connectivity index (χ3n) is 15.2. The highest BCUT2D eigenvalue weighted by Crippen LogP contribution is 2.38. The Morgan fingerprint density at radius 3 is 2.34 bits per heavy atom. The SMILES string of the molecule is CO[C@@H]1C[C@H](C[C@@H](C)[C@@H]2CC(=O)[C@H](C)/C=C(\C)[C@@H](O)[C@@H](OC)C(=O)[C@H](C)C[C@H](C)/C=C/C=C/C=C(\C)[C@H](OCCSCCCO)C[C@@H]3CC[C@@H](C)[C@@](O)(O3)C(=O)C(=O)N3CCCC[C@H]3C(=O)O2)CC[C@H]1O. The number of thioether (sulfide) groups is 1. The molecule has 4 aliphatic rings. The van der Waals surface area contributed by atoms with Gasteiger partial charge in [0.05, 0.1) is 31.0 Å². The van der Waals surface area contributed by atoms with E-state index in [1.54, 1.807) is 45.7 Å². The van der Waals surface area contributed by atoms with Crippen molar-refractivity contribution in [3.05, 3.63) is 47.6 Å². The van der Waals surface area contributed by atoms with Crippen molar-refractivity contribution in [2.24, 2.45) is 35.5 Å². The third-order valence-corrected chi connectivity index (χ3v) is 16.2. The molecule has 4 rings (SSSR count). The largest absolute Gasteiger partial charge is 0.460 e. The first-order valence-corrected chi connectivity index (χ1v) is 27.4.